The molecule has 1 aliphatic heterocycles. The van der Waals surface area contributed by atoms with Gasteiger partial charge in [0.15, 0.2) is 0 Å². The molecule has 0 saturated carbocycles. The van der Waals surface area contributed by atoms with Crippen LogP contribution in [0.3, 0.4) is 0 Å². The predicted octanol–water partition coefficient (Wildman–Crippen LogP) is 2.54. The fourth-order valence-electron chi connectivity index (χ4n) is 2.50. The van der Waals surface area contributed by atoms with Gasteiger partial charge in [-0.15, -0.1) is 0 Å². The van der Waals surface area contributed by atoms with E-state index in [0.717, 1.165) is 32.4 Å². The van der Waals surface area contributed by atoms with Crippen molar-refractivity contribution in [2.75, 3.05) is 20.1 Å². The first-order chi connectivity index (χ1) is 8.68. The average molecular weight is 254 g/mol. The van der Waals surface area contributed by atoms with Gasteiger partial charge in [0, 0.05) is 18.2 Å². The minimum atomic E-state index is -0.450. The van der Waals surface area contributed by atoms with Gasteiger partial charge in [0.1, 0.15) is 11.6 Å². The van der Waals surface area contributed by atoms with Crippen molar-refractivity contribution in [3.8, 4) is 0 Å². The van der Waals surface area contributed by atoms with Crippen LogP contribution >= 0.6 is 0 Å². The van der Waals surface area contributed by atoms with E-state index >= 15 is 0 Å². The van der Waals surface area contributed by atoms with Crippen LogP contribution < -0.4 is 5.32 Å². The van der Waals surface area contributed by atoms with Crippen LogP contribution in [0.5, 0.6) is 0 Å². The van der Waals surface area contributed by atoms with E-state index < -0.39 is 11.6 Å². The third kappa shape index (κ3) is 3.27. The van der Waals surface area contributed by atoms with E-state index in [9.17, 15) is 8.78 Å². The van der Waals surface area contributed by atoms with Gasteiger partial charge in [0.25, 0.3) is 0 Å². The molecule has 1 atom stereocenters. The molecule has 100 valence electrons. The molecule has 18 heavy (non-hydrogen) atoms. The van der Waals surface area contributed by atoms with Crippen LogP contribution in [-0.2, 0) is 6.54 Å². The van der Waals surface area contributed by atoms with Crippen LogP contribution in [0, 0.1) is 11.6 Å². The molecule has 1 unspecified atom stereocenters. The molecule has 0 spiro atoms. The van der Waals surface area contributed by atoms with Gasteiger partial charge < -0.3 is 5.32 Å². The minimum absolute atomic E-state index is 0.178. The maximum absolute atomic E-state index is 13.6. The van der Waals surface area contributed by atoms with E-state index in [1.807, 2.05) is 7.05 Å². The zero-order chi connectivity index (χ0) is 13.0. The number of rotatable bonds is 3. The molecular weight excluding hydrogens is 234 g/mol. The predicted molar refractivity (Wildman–Crippen MR) is 68.3 cm³/mol. The van der Waals surface area contributed by atoms with Gasteiger partial charge in [0.2, 0.25) is 0 Å². The summed E-state index contributed by atoms with van der Waals surface area (Å²) in [4.78, 5) is 2.06. The van der Waals surface area contributed by atoms with Crippen LogP contribution in [0.1, 0.15) is 24.8 Å². The first kappa shape index (κ1) is 13.4. The summed E-state index contributed by atoms with van der Waals surface area (Å²) in [6.45, 7) is 2.36. The summed E-state index contributed by atoms with van der Waals surface area (Å²) in [6.07, 6.45) is 3.24. The maximum Gasteiger partial charge on any atom is 0.130 e. The van der Waals surface area contributed by atoms with Crippen LogP contribution in [0.15, 0.2) is 18.2 Å². The Hall–Kier alpha value is -1.00. The van der Waals surface area contributed by atoms with Gasteiger partial charge in [-0.05, 0) is 51.5 Å². The highest BCUT2D eigenvalue weighted by Crippen LogP contribution is 2.18. The molecule has 1 heterocycles. The Labute approximate surface area is 107 Å². The quantitative estimate of drug-likeness (QED) is 0.891. The molecule has 1 N–H and O–H groups in total. The van der Waals surface area contributed by atoms with Gasteiger partial charge in [-0.1, -0.05) is 6.07 Å². The first-order valence-corrected chi connectivity index (χ1v) is 6.52. The van der Waals surface area contributed by atoms with E-state index in [1.165, 1.54) is 18.2 Å². The number of nitrogens with one attached hydrogen (secondary N) is 1. The van der Waals surface area contributed by atoms with Gasteiger partial charge in [-0.2, -0.15) is 0 Å². The summed E-state index contributed by atoms with van der Waals surface area (Å²) < 4.78 is 27.2. The molecule has 0 aliphatic carbocycles. The Morgan fingerprint density at radius 2 is 1.94 bits per heavy atom. The molecule has 4 heteroatoms. The topological polar surface area (TPSA) is 15.3 Å². The van der Waals surface area contributed by atoms with E-state index in [1.54, 1.807) is 0 Å². The zero-order valence-electron chi connectivity index (χ0n) is 10.8. The molecule has 1 aromatic carbocycles. The number of nitrogens with zero attached hydrogens (tertiary/aromatic N) is 1. The smallest absolute Gasteiger partial charge is 0.130 e. The van der Waals surface area contributed by atoms with Crippen LogP contribution in [-0.4, -0.2) is 31.1 Å². The van der Waals surface area contributed by atoms with Crippen molar-refractivity contribution in [1.29, 1.82) is 0 Å². The summed E-state index contributed by atoms with van der Waals surface area (Å²) >= 11 is 0. The van der Waals surface area contributed by atoms with Gasteiger partial charge in [-0.3, -0.25) is 4.90 Å². The molecular formula is C14H20F2N2. The number of benzene rings is 1. The van der Waals surface area contributed by atoms with Crippen molar-refractivity contribution in [3.63, 3.8) is 0 Å². The van der Waals surface area contributed by atoms with Crippen LogP contribution in [0.2, 0.25) is 0 Å². The molecule has 1 aliphatic rings. The summed E-state index contributed by atoms with van der Waals surface area (Å²) in [5, 5.41) is 3.34. The highest BCUT2D eigenvalue weighted by Gasteiger charge is 2.19. The van der Waals surface area contributed by atoms with E-state index in [4.69, 9.17) is 0 Å². The molecule has 1 fully saturated rings. The highest BCUT2D eigenvalue weighted by molar-refractivity contribution is 5.19. The number of hydrogen-bond donors (Lipinski definition) is 1. The van der Waals surface area contributed by atoms with Gasteiger partial charge >= 0.3 is 0 Å². The minimum Gasteiger partial charge on any atom is -0.317 e. The highest BCUT2D eigenvalue weighted by atomic mass is 19.1. The van der Waals surface area contributed by atoms with Gasteiger partial charge in [-0.25, -0.2) is 8.78 Å². The Bertz CT molecular complexity index is 367. The third-order valence-electron chi connectivity index (χ3n) is 3.64. The molecule has 0 aromatic heterocycles. The summed E-state index contributed by atoms with van der Waals surface area (Å²) in [6, 6.07) is 4.45. The second-order valence-corrected chi connectivity index (χ2v) is 4.95. The van der Waals surface area contributed by atoms with Gasteiger partial charge in [0.05, 0.1) is 0 Å². The lowest BCUT2D eigenvalue weighted by atomic mass is 10.1. The van der Waals surface area contributed by atoms with Crippen molar-refractivity contribution in [3.05, 3.63) is 35.4 Å². The lowest BCUT2D eigenvalue weighted by Gasteiger charge is -2.27. The van der Waals surface area contributed by atoms with Crippen molar-refractivity contribution in [1.82, 2.24) is 10.2 Å². The summed E-state index contributed by atoms with van der Waals surface area (Å²) in [5.41, 5.74) is 0.178. The molecule has 2 rings (SSSR count). The van der Waals surface area contributed by atoms with Crippen LogP contribution in [0.4, 0.5) is 8.78 Å². The Balaban J connectivity index is 2.03. The van der Waals surface area contributed by atoms with E-state index in [0.29, 0.717) is 12.6 Å². The standard InChI is InChI=1S/C14H20F2N2/c1-18(11-4-3-8-17-9-7-11)10-12-13(15)5-2-6-14(12)16/h2,5-6,11,17H,3-4,7-10H2,1H3. The molecule has 1 saturated heterocycles. The molecule has 0 amide bonds. The first-order valence-electron chi connectivity index (χ1n) is 6.52. The van der Waals surface area contributed by atoms with Crippen LogP contribution in [0.25, 0.3) is 0 Å². The van der Waals surface area contributed by atoms with Crippen molar-refractivity contribution in [2.24, 2.45) is 0 Å². The summed E-state index contributed by atoms with van der Waals surface area (Å²) in [5.74, 6) is -0.901. The molecule has 0 radical (unpaired) electrons. The zero-order valence-corrected chi connectivity index (χ0v) is 10.8. The van der Waals surface area contributed by atoms with E-state index in [-0.39, 0.29) is 5.56 Å². The second-order valence-electron chi connectivity index (χ2n) is 4.95. The normalized spacial score (nSPS) is 21.0. The average Bonchev–Trinajstić information content (AvgIpc) is 2.62. The Morgan fingerprint density at radius 3 is 2.67 bits per heavy atom. The monoisotopic (exact) mass is 254 g/mol. The fourth-order valence-corrected chi connectivity index (χ4v) is 2.50. The number of hydrogen-bond acceptors (Lipinski definition) is 2. The third-order valence-corrected chi connectivity index (χ3v) is 3.64. The SMILES string of the molecule is CN(Cc1c(F)cccc1F)C1CCCNCC1. The fraction of sp³-hybridized carbons (Fsp3) is 0.571. The van der Waals surface area contributed by atoms with Crippen molar-refractivity contribution in [2.45, 2.75) is 31.8 Å². The maximum atomic E-state index is 13.6. The lowest BCUT2D eigenvalue weighted by Crippen LogP contribution is -2.32. The molecule has 0 bridgehead atoms. The molecule has 2 nitrogen and oxygen atoms in total. The molecule has 1 aromatic rings. The second kappa shape index (κ2) is 6.25. The van der Waals surface area contributed by atoms with Crippen molar-refractivity contribution >= 4 is 0 Å². The Morgan fingerprint density at radius 1 is 1.22 bits per heavy atom. The van der Waals surface area contributed by atoms with Crippen molar-refractivity contribution < 1.29 is 8.78 Å². The summed E-state index contributed by atoms with van der Waals surface area (Å²) in [7, 11) is 1.95. The van der Waals surface area contributed by atoms with E-state index in [2.05, 4.69) is 10.2 Å². The Kier molecular flexibility index (Phi) is 4.66. The lowest BCUT2D eigenvalue weighted by molar-refractivity contribution is 0.211. The largest absolute Gasteiger partial charge is 0.317 e. The number of halogens is 2.